The first-order chi connectivity index (χ1) is 17.4. The zero-order chi connectivity index (χ0) is 27.3. The number of carbonyl (C=O) groups is 2. The monoisotopic (exact) mass is 529 g/mol. The van der Waals surface area contributed by atoms with Crippen LogP contribution in [0.3, 0.4) is 0 Å². The molecule has 202 valence electrons. The molecule has 0 bridgehead atoms. The molecule has 0 amide bonds. The van der Waals surface area contributed by atoms with Gasteiger partial charge in [-0.25, -0.2) is 4.98 Å². The maximum Gasteiger partial charge on any atom is 0.175 e. The fourth-order valence-electron chi connectivity index (χ4n) is 4.87. The van der Waals surface area contributed by atoms with Gasteiger partial charge >= 0.3 is 0 Å². The lowest BCUT2D eigenvalue weighted by Gasteiger charge is -2.35. The minimum atomic E-state index is -2.24. The van der Waals surface area contributed by atoms with Crippen molar-refractivity contribution in [1.82, 2.24) is 4.98 Å². The quantitative estimate of drug-likeness (QED) is 0.254. The third kappa shape index (κ3) is 7.10. The van der Waals surface area contributed by atoms with Gasteiger partial charge in [0.05, 0.1) is 33.4 Å². The first-order valence-electron chi connectivity index (χ1n) is 12.6. The summed E-state index contributed by atoms with van der Waals surface area (Å²) in [5.41, 5.74) is 24.9. The summed E-state index contributed by atoms with van der Waals surface area (Å²) in [6.07, 6.45) is 2.36. The molecule has 0 saturated carbocycles. The molecule has 3 rings (SSSR count). The SMILES string of the molecule is C=CC[C@H]1C(=O)C(N)(N)[C@H](O)CC(=O)C[C@@H](c2ccc3sc(C)nc3c2)C/C=C(\N)CCC[C@H](N)[C@@H]1O. The van der Waals surface area contributed by atoms with Gasteiger partial charge in [0.25, 0.3) is 0 Å². The number of carbonyl (C=O) groups excluding carboxylic acids is 2. The van der Waals surface area contributed by atoms with Crippen LogP contribution >= 0.6 is 11.3 Å². The fourth-order valence-corrected chi connectivity index (χ4v) is 5.67. The zero-order valence-corrected chi connectivity index (χ0v) is 22.1. The Labute approximate surface area is 221 Å². The third-order valence-electron chi connectivity index (χ3n) is 7.14. The number of hydrogen-bond donors (Lipinski definition) is 6. The molecule has 1 heterocycles. The topological polar surface area (TPSA) is 192 Å². The minimum Gasteiger partial charge on any atom is -0.402 e. The van der Waals surface area contributed by atoms with E-state index in [1.54, 1.807) is 11.3 Å². The molecule has 37 heavy (non-hydrogen) atoms. The number of benzene rings is 1. The van der Waals surface area contributed by atoms with Crippen molar-refractivity contribution in [2.45, 2.75) is 81.7 Å². The molecule has 5 atom stereocenters. The molecule has 10 heteroatoms. The fraction of sp³-hybridized carbons (Fsp3) is 0.519. The minimum absolute atomic E-state index is 0.0766. The van der Waals surface area contributed by atoms with E-state index in [2.05, 4.69) is 11.6 Å². The average Bonchev–Trinajstić information content (AvgIpc) is 3.22. The molecule has 0 unspecified atom stereocenters. The summed E-state index contributed by atoms with van der Waals surface area (Å²) in [5, 5.41) is 22.6. The Balaban J connectivity index is 1.93. The molecular weight excluding hydrogens is 490 g/mol. The van der Waals surface area contributed by atoms with Crippen molar-refractivity contribution in [1.29, 1.82) is 0 Å². The molecular formula is C27H39N5O4S. The number of ketones is 2. The Morgan fingerprint density at radius 3 is 2.68 bits per heavy atom. The van der Waals surface area contributed by atoms with Crippen molar-refractivity contribution in [2.75, 3.05) is 0 Å². The second-order valence-electron chi connectivity index (χ2n) is 10.1. The number of hydrogen-bond acceptors (Lipinski definition) is 10. The van der Waals surface area contributed by atoms with Crippen molar-refractivity contribution in [2.24, 2.45) is 28.9 Å². The van der Waals surface area contributed by atoms with Gasteiger partial charge in [-0.1, -0.05) is 18.2 Å². The van der Waals surface area contributed by atoms with Gasteiger partial charge < -0.3 is 33.1 Å². The number of aryl methyl sites for hydroxylation is 1. The first-order valence-corrected chi connectivity index (χ1v) is 13.4. The van der Waals surface area contributed by atoms with E-state index in [1.165, 1.54) is 6.08 Å². The summed E-state index contributed by atoms with van der Waals surface area (Å²) in [5.74, 6) is -2.33. The summed E-state index contributed by atoms with van der Waals surface area (Å²) >= 11 is 1.60. The summed E-state index contributed by atoms with van der Waals surface area (Å²) < 4.78 is 1.06. The van der Waals surface area contributed by atoms with Gasteiger partial charge in [-0.15, -0.1) is 17.9 Å². The number of nitrogens with zero attached hydrogens (tertiary/aromatic N) is 1. The molecule has 0 aliphatic heterocycles. The predicted octanol–water partition coefficient (Wildman–Crippen LogP) is 1.88. The number of aliphatic hydroxyl groups excluding tert-OH is 2. The predicted molar refractivity (Wildman–Crippen MR) is 146 cm³/mol. The van der Waals surface area contributed by atoms with Crippen LogP contribution in [0.25, 0.3) is 10.2 Å². The highest BCUT2D eigenvalue weighted by Gasteiger charge is 2.44. The largest absolute Gasteiger partial charge is 0.402 e. The molecule has 0 saturated heterocycles. The second-order valence-corrected chi connectivity index (χ2v) is 11.3. The van der Waals surface area contributed by atoms with Gasteiger partial charge in [-0.05, 0) is 62.6 Å². The molecule has 0 spiro atoms. The van der Waals surface area contributed by atoms with Crippen LogP contribution in [0.1, 0.15) is 61.4 Å². The Bertz CT molecular complexity index is 1160. The molecule has 1 aliphatic rings. The normalized spacial score (nSPS) is 30.1. The van der Waals surface area contributed by atoms with Crippen LogP contribution in [0, 0.1) is 12.8 Å². The van der Waals surface area contributed by atoms with Crippen LogP contribution in [-0.2, 0) is 9.59 Å². The Hall–Kier alpha value is -2.47. The van der Waals surface area contributed by atoms with E-state index >= 15 is 0 Å². The number of nitrogens with two attached hydrogens (primary N) is 4. The number of aromatic nitrogens is 1. The number of rotatable bonds is 3. The van der Waals surface area contributed by atoms with Gasteiger partial charge in [0.2, 0.25) is 0 Å². The van der Waals surface area contributed by atoms with Crippen molar-refractivity contribution in [3.8, 4) is 0 Å². The average molecular weight is 530 g/mol. The molecule has 1 aliphatic carbocycles. The van der Waals surface area contributed by atoms with E-state index in [0.29, 0.717) is 31.4 Å². The zero-order valence-electron chi connectivity index (χ0n) is 21.3. The molecule has 0 radical (unpaired) electrons. The van der Waals surface area contributed by atoms with Crippen molar-refractivity contribution >= 4 is 33.1 Å². The summed E-state index contributed by atoms with van der Waals surface area (Å²) in [4.78, 5) is 30.9. The molecule has 2 aromatic rings. The number of fused-ring (bicyclic) bond motifs is 1. The third-order valence-corrected chi connectivity index (χ3v) is 8.09. The lowest BCUT2D eigenvalue weighted by atomic mass is 9.79. The highest BCUT2D eigenvalue weighted by atomic mass is 32.1. The van der Waals surface area contributed by atoms with E-state index in [1.807, 2.05) is 31.2 Å². The molecule has 1 aromatic carbocycles. The maximum atomic E-state index is 13.3. The van der Waals surface area contributed by atoms with E-state index in [-0.39, 0.29) is 24.5 Å². The van der Waals surface area contributed by atoms with E-state index in [4.69, 9.17) is 22.9 Å². The van der Waals surface area contributed by atoms with Crippen molar-refractivity contribution < 1.29 is 19.8 Å². The Morgan fingerprint density at radius 1 is 1.24 bits per heavy atom. The van der Waals surface area contributed by atoms with E-state index in [9.17, 15) is 19.8 Å². The lowest BCUT2D eigenvalue weighted by molar-refractivity contribution is -0.137. The molecule has 9 nitrogen and oxygen atoms in total. The summed E-state index contributed by atoms with van der Waals surface area (Å²) in [6.45, 7) is 5.59. The lowest BCUT2D eigenvalue weighted by Crippen LogP contribution is -2.68. The van der Waals surface area contributed by atoms with Gasteiger partial charge in [-0.3, -0.25) is 9.59 Å². The number of aliphatic hydroxyl groups is 2. The van der Waals surface area contributed by atoms with Crippen LogP contribution in [0.5, 0.6) is 0 Å². The summed E-state index contributed by atoms with van der Waals surface area (Å²) in [7, 11) is 0. The van der Waals surface area contributed by atoms with Crippen LogP contribution in [0.2, 0.25) is 0 Å². The van der Waals surface area contributed by atoms with Crippen LogP contribution in [-0.4, -0.2) is 50.7 Å². The molecule has 0 fully saturated rings. The highest BCUT2D eigenvalue weighted by molar-refractivity contribution is 7.18. The number of Topliss-reactive ketones (excluding diaryl/α,β-unsaturated/α-hetero) is 2. The van der Waals surface area contributed by atoms with Crippen molar-refractivity contribution in [3.05, 3.63) is 53.2 Å². The van der Waals surface area contributed by atoms with Gasteiger partial charge in [-0.2, -0.15) is 0 Å². The molecule has 10 N–H and O–H groups in total. The van der Waals surface area contributed by atoms with Crippen LogP contribution < -0.4 is 22.9 Å². The summed E-state index contributed by atoms with van der Waals surface area (Å²) in [6, 6.07) is 5.23. The Kier molecular flexibility index (Phi) is 9.74. The molecule has 1 aromatic heterocycles. The van der Waals surface area contributed by atoms with Gasteiger partial charge in [0.1, 0.15) is 5.78 Å². The Morgan fingerprint density at radius 2 is 1.97 bits per heavy atom. The standard InChI is InChI=1S/C27H39N5O4S/c1-3-5-20-25(35)21(29)7-4-6-18(28)10-8-16(12-19(33)14-24(34)27(30,31)26(20)36)17-9-11-23-22(13-17)32-15(2)37-23/h3,9-11,13,16,20-21,24-25,34-35H,1,4-8,12,14,28-31H2,2H3/b18-10-/t16-,20+,21-,24+,25+/m0/s1. The van der Waals surface area contributed by atoms with Gasteiger partial charge in [0.15, 0.2) is 11.4 Å². The van der Waals surface area contributed by atoms with Crippen LogP contribution in [0.15, 0.2) is 42.6 Å². The van der Waals surface area contributed by atoms with Gasteiger partial charge in [0, 0.05) is 24.6 Å². The van der Waals surface area contributed by atoms with E-state index in [0.717, 1.165) is 20.8 Å². The number of thiazole rings is 1. The van der Waals surface area contributed by atoms with E-state index < -0.39 is 42.0 Å². The second kappa shape index (κ2) is 12.4. The van der Waals surface area contributed by atoms with Crippen LogP contribution in [0.4, 0.5) is 0 Å². The smallest absolute Gasteiger partial charge is 0.175 e. The number of allylic oxidation sites excluding steroid dienone is 3. The maximum absolute atomic E-state index is 13.3. The highest BCUT2D eigenvalue weighted by Crippen LogP contribution is 2.31. The van der Waals surface area contributed by atoms with Crippen molar-refractivity contribution in [3.63, 3.8) is 0 Å². The first kappa shape index (κ1) is 29.1.